The molecule has 0 radical (unpaired) electrons. The van der Waals surface area contributed by atoms with Gasteiger partial charge in [0.25, 0.3) is 5.91 Å². The summed E-state index contributed by atoms with van der Waals surface area (Å²) in [6, 6.07) is 9.79. The number of ether oxygens (including phenoxy) is 1. The fourth-order valence-corrected chi connectivity index (χ4v) is 3.96. The minimum Gasteiger partial charge on any atom is -0.462 e. The summed E-state index contributed by atoms with van der Waals surface area (Å²) >= 11 is 1.39. The van der Waals surface area contributed by atoms with E-state index >= 15 is 0 Å². The quantitative estimate of drug-likeness (QED) is 0.451. The fraction of sp³-hybridized carbons (Fsp3) is 0.227. The Morgan fingerprint density at radius 3 is 2.66 bits per heavy atom. The molecule has 0 fully saturated rings. The van der Waals surface area contributed by atoms with E-state index in [2.05, 4.69) is 16.5 Å². The molecule has 0 bridgehead atoms. The highest BCUT2D eigenvalue weighted by Crippen LogP contribution is 2.29. The number of benzene rings is 1. The average molecular weight is 410 g/mol. The van der Waals surface area contributed by atoms with Crippen molar-refractivity contribution in [2.45, 2.75) is 20.8 Å². The lowest BCUT2D eigenvalue weighted by Crippen LogP contribution is -2.31. The van der Waals surface area contributed by atoms with E-state index < -0.39 is 5.97 Å². The molecule has 6 nitrogen and oxygen atoms in total. The van der Waals surface area contributed by atoms with Gasteiger partial charge in [-0.1, -0.05) is 36.4 Å². The van der Waals surface area contributed by atoms with Crippen LogP contribution in [0.15, 0.2) is 48.4 Å². The van der Waals surface area contributed by atoms with E-state index in [-0.39, 0.29) is 12.5 Å². The summed E-state index contributed by atoms with van der Waals surface area (Å²) in [6.07, 6.45) is 1.65. The number of hydrogen-bond acceptors (Lipinski definition) is 5. The molecule has 3 aromatic rings. The fourth-order valence-electron chi connectivity index (χ4n) is 3.11. The highest BCUT2D eigenvalue weighted by Gasteiger charge is 2.27. The first-order valence-corrected chi connectivity index (χ1v) is 10.2. The largest absolute Gasteiger partial charge is 0.462 e. The maximum absolute atomic E-state index is 13.3. The number of aromatic nitrogens is 2. The van der Waals surface area contributed by atoms with Crippen molar-refractivity contribution in [1.29, 1.82) is 0 Å². The highest BCUT2D eigenvalue weighted by atomic mass is 32.1. The van der Waals surface area contributed by atoms with Gasteiger partial charge < -0.3 is 9.72 Å². The van der Waals surface area contributed by atoms with E-state index in [1.165, 1.54) is 11.3 Å². The smallest absolute Gasteiger partial charge is 0.340 e. The number of nitrogens with one attached hydrogen (secondary N) is 1. The molecule has 150 valence electrons. The number of hydrogen-bond donors (Lipinski definition) is 1. The topological polar surface area (TPSA) is 75.3 Å². The van der Waals surface area contributed by atoms with Gasteiger partial charge in [0.15, 0.2) is 5.13 Å². The Balaban J connectivity index is 1.96. The maximum atomic E-state index is 13.3. The van der Waals surface area contributed by atoms with Crippen molar-refractivity contribution in [3.05, 3.63) is 70.9 Å². The summed E-state index contributed by atoms with van der Waals surface area (Å²) in [7, 11) is 0. The van der Waals surface area contributed by atoms with Crippen molar-refractivity contribution in [1.82, 2.24) is 9.97 Å². The Labute approximate surface area is 173 Å². The lowest BCUT2D eigenvalue weighted by molar-refractivity contribution is 0.0525. The lowest BCUT2D eigenvalue weighted by Gasteiger charge is -2.18. The van der Waals surface area contributed by atoms with E-state index in [0.29, 0.717) is 34.2 Å². The second-order valence-electron chi connectivity index (χ2n) is 6.43. The number of carbonyl (C=O) groups is 2. The summed E-state index contributed by atoms with van der Waals surface area (Å²) in [5.41, 5.74) is 3.71. The van der Waals surface area contributed by atoms with Gasteiger partial charge in [0.1, 0.15) is 5.69 Å². The molecule has 0 atom stereocenters. The highest BCUT2D eigenvalue weighted by molar-refractivity contribution is 7.14. The molecule has 3 rings (SSSR count). The van der Waals surface area contributed by atoms with Crippen LogP contribution in [0.2, 0.25) is 0 Å². The van der Waals surface area contributed by atoms with Gasteiger partial charge in [0, 0.05) is 23.2 Å². The molecule has 0 unspecified atom stereocenters. The number of H-pyrrole nitrogens is 1. The summed E-state index contributed by atoms with van der Waals surface area (Å²) in [6.45, 7) is 9.58. The number of esters is 1. The summed E-state index contributed by atoms with van der Waals surface area (Å²) in [4.78, 5) is 34.8. The Kier molecular flexibility index (Phi) is 6.29. The summed E-state index contributed by atoms with van der Waals surface area (Å²) in [5.74, 6) is -0.705. The Morgan fingerprint density at radius 1 is 1.28 bits per heavy atom. The van der Waals surface area contributed by atoms with Crippen LogP contribution in [-0.4, -0.2) is 35.0 Å². The second-order valence-corrected chi connectivity index (χ2v) is 7.27. The molecule has 2 heterocycles. The number of aromatic amines is 1. The lowest BCUT2D eigenvalue weighted by atomic mass is 10.1. The number of nitrogens with zero attached hydrogens (tertiary/aromatic N) is 2. The molecule has 0 saturated heterocycles. The molecule has 7 heteroatoms. The molecule has 0 saturated carbocycles. The van der Waals surface area contributed by atoms with E-state index in [4.69, 9.17) is 4.74 Å². The summed E-state index contributed by atoms with van der Waals surface area (Å²) in [5, 5.41) is 2.49. The minimum atomic E-state index is -0.436. The monoisotopic (exact) mass is 409 g/mol. The zero-order valence-electron chi connectivity index (χ0n) is 16.7. The van der Waals surface area contributed by atoms with Crippen LogP contribution in [0.3, 0.4) is 0 Å². The third-order valence-corrected chi connectivity index (χ3v) is 5.34. The van der Waals surface area contributed by atoms with Crippen LogP contribution < -0.4 is 4.90 Å². The first-order chi connectivity index (χ1) is 14.0. The van der Waals surface area contributed by atoms with E-state index in [0.717, 1.165) is 11.3 Å². The zero-order chi connectivity index (χ0) is 21.0. The molecule has 2 aromatic heterocycles. The van der Waals surface area contributed by atoms with E-state index in [9.17, 15) is 9.59 Å². The van der Waals surface area contributed by atoms with Crippen molar-refractivity contribution in [3.63, 3.8) is 0 Å². The average Bonchev–Trinajstić information content (AvgIpc) is 3.31. The Hall–Kier alpha value is -3.19. The van der Waals surface area contributed by atoms with Gasteiger partial charge in [-0.2, -0.15) is 0 Å². The predicted octanol–water partition coefficient (Wildman–Crippen LogP) is 4.76. The van der Waals surface area contributed by atoms with Gasteiger partial charge in [-0.05, 0) is 26.3 Å². The summed E-state index contributed by atoms with van der Waals surface area (Å²) < 4.78 is 5.12. The van der Waals surface area contributed by atoms with E-state index in [1.54, 1.807) is 31.7 Å². The van der Waals surface area contributed by atoms with Crippen LogP contribution in [0.4, 0.5) is 5.13 Å². The van der Waals surface area contributed by atoms with Gasteiger partial charge in [0.05, 0.1) is 17.9 Å². The predicted molar refractivity (Wildman–Crippen MR) is 116 cm³/mol. The Bertz CT molecular complexity index is 1040. The van der Waals surface area contributed by atoms with Gasteiger partial charge in [-0.15, -0.1) is 17.9 Å². The first-order valence-electron chi connectivity index (χ1n) is 9.27. The van der Waals surface area contributed by atoms with Crippen molar-refractivity contribution < 1.29 is 14.3 Å². The number of anilines is 1. The molecule has 0 aliphatic rings. The molecule has 1 aromatic carbocycles. The van der Waals surface area contributed by atoms with Crippen molar-refractivity contribution in [2.75, 3.05) is 18.1 Å². The number of thiazole rings is 1. The number of aryl methyl sites for hydroxylation is 1. The van der Waals surface area contributed by atoms with E-state index in [1.807, 2.05) is 35.7 Å². The van der Waals surface area contributed by atoms with Gasteiger partial charge >= 0.3 is 5.97 Å². The van der Waals surface area contributed by atoms with Gasteiger partial charge in [0.2, 0.25) is 0 Å². The minimum absolute atomic E-state index is 0.269. The number of carbonyl (C=O) groups excluding carboxylic acids is 2. The molecule has 29 heavy (non-hydrogen) atoms. The molecular weight excluding hydrogens is 386 g/mol. The van der Waals surface area contributed by atoms with Crippen molar-refractivity contribution >= 4 is 28.3 Å². The van der Waals surface area contributed by atoms with Gasteiger partial charge in [-0.3, -0.25) is 9.69 Å². The van der Waals surface area contributed by atoms with Crippen LogP contribution >= 0.6 is 11.3 Å². The molecule has 0 aliphatic carbocycles. The Morgan fingerprint density at radius 2 is 2.00 bits per heavy atom. The van der Waals surface area contributed by atoms with Crippen LogP contribution in [0.5, 0.6) is 0 Å². The maximum Gasteiger partial charge on any atom is 0.340 e. The normalized spacial score (nSPS) is 10.6. The third-order valence-electron chi connectivity index (χ3n) is 4.48. The number of rotatable bonds is 7. The molecule has 1 N–H and O–H groups in total. The molecule has 1 amide bonds. The second kappa shape index (κ2) is 8.87. The third kappa shape index (κ3) is 4.14. The molecule has 0 aliphatic heterocycles. The van der Waals surface area contributed by atoms with Crippen molar-refractivity contribution in [3.8, 4) is 11.3 Å². The van der Waals surface area contributed by atoms with Crippen LogP contribution in [0, 0.1) is 13.8 Å². The standard InChI is InChI=1S/C22H23N3O3S/c1-5-12-25(22-24-17(13-29-22)16-10-8-7-9-11-16)20(26)19-14(3)18(15(4)23-19)21(27)28-6-2/h5,7-11,13,23H,1,6,12H2,2-4H3. The molecular formula is C22H23N3O3S. The van der Waals surface area contributed by atoms with Crippen LogP contribution in [0.1, 0.15) is 39.0 Å². The van der Waals surface area contributed by atoms with Crippen molar-refractivity contribution in [2.24, 2.45) is 0 Å². The molecule has 0 spiro atoms. The van der Waals surface area contributed by atoms with Crippen LogP contribution in [0.25, 0.3) is 11.3 Å². The zero-order valence-corrected chi connectivity index (χ0v) is 17.5. The first kappa shape index (κ1) is 20.5. The van der Waals surface area contributed by atoms with Crippen LogP contribution in [-0.2, 0) is 4.74 Å². The van der Waals surface area contributed by atoms with Gasteiger partial charge in [-0.25, -0.2) is 9.78 Å². The number of amides is 1. The SMILES string of the molecule is C=CCN(C(=O)c1[nH]c(C)c(C(=O)OCC)c1C)c1nc(-c2ccccc2)cs1.